The zero-order valence-electron chi connectivity index (χ0n) is 9.51. The second-order valence-electron chi connectivity index (χ2n) is 4.67. The first-order valence-electron chi connectivity index (χ1n) is 5.55. The van der Waals surface area contributed by atoms with E-state index in [2.05, 4.69) is 21.2 Å². The molecule has 1 atom stereocenters. The number of ether oxygens (including phenoxy) is 1. The van der Waals surface area contributed by atoms with Crippen molar-refractivity contribution in [2.45, 2.75) is 51.2 Å². The Kier molecular flexibility index (Phi) is 5.06. The molecule has 1 N–H and O–H groups in total. The molecule has 1 saturated heterocycles. The Morgan fingerprint density at radius 3 is 2.80 bits per heavy atom. The Hall–Kier alpha value is -0.0900. The van der Waals surface area contributed by atoms with E-state index in [1.54, 1.807) is 0 Å². The molecule has 0 radical (unpaired) electrons. The van der Waals surface area contributed by atoms with Crippen molar-refractivity contribution in [3.8, 4) is 0 Å². The van der Waals surface area contributed by atoms with Crippen LogP contribution in [0.25, 0.3) is 0 Å². The minimum absolute atomic E-state index is 0.0423. The van der Waals surface area contributed by atoms with Gasteiger partial charge in [-0.05, 0) is 39.5 Å². The fraction of sp³-hybridized carbons (Fsp3) is 0.909. The summed E-state index contributed by atoms with van der Waals surface area (Å²) in [4.78, 5) is 11.8. The molecule has 0 aliphatic carbocycles. The highest BCUT2D eigenvalue weighted by atomic mass is 79.9. The summed E-state index contributed by atoms with van der Waals surface area (Å²) in [6.07, 6.45) is 3.72. The van der Waals surface area contributed by atoms with Gasteiger partial charge in [-0.25, -0.2) is 0 Å². The van der Waals surface area contributed by atoms with Crippen LogP contribution in [0.15, 0.2) is 0 Å². The SMILES string of the molecule is CC(C)(CCBr)NC(=O)C1CCCCO1. The van der Waals surface area contributed by atoms with E-state index in [0.717, 1.165) is 37.6 Å². The third kappa shape index (κ3) is 4.51. The zero-order valence-corrected chi connectivity index (χ0v) is 11.1. The molecular formula is C11H20BrNO2. The largest absolute Gasteiger partial charge is 0.368 e. The molecular weight excluding hydrogens is 258 g/mol. The van der Waals surface area contributed by atoms with E-state index in [-0.39, 0.29) is 17.6 Å². The van der Waals surface area contributed by atoms with Gasteiger partial charge >= 0.3 is 0 Å². The number of halogens is 1. The predicted molar refractivity (Wildman–Crippen MR) is 64.2 cm³/mol. The molecule has 1 amide bonds. The standard InChI is InChI=1S/C11H20BrNO2/c1-11(2,6-7-12)13-10(14)9-5-3-4-8-15-9/h9H,3-8H2,1-2H3,(H,13,14). The second-order valence-corrected chi connectivity index (χ2v) is 5.46. The molecule has 0 aromatic heterocycles. The monoisotopic (exact) mass is 277 g/mol. The number of carbonyl (C=O) groups is 1. The van der Waals surface area contributed by atoms with Gasteiger partial charge in [0.15, 0.2) is 0 Å². The van der Waals surface area contributed by atoms with Crippen LogP contribution in [0, 0.1) is 0 Å². The van der Waals surface area contributed by atoms with Gasteiger partial charge in [0.25, 0.3) is 0 Å². The van der Waals surface area contributed by atoms with Gasteiger partial charge in [0, 0.05) is 17.5 Å². The summed E-state index contributed by atoms with van der Waals surface area (Å²) < 4.78 is 5.44. The fourth-order valence-corrected chi connectivity index (χ4v) is 2.65. The normalized spacial score (nSPS) is 22.5. The maximum absolute atomic E-state index is 11.8. The molecule has 4 heteroatoms. The van der Waals surface area contributed by atoms with Gasteiger partial charge in [0.2, 0.25) is 5.91 Å². The third-order valence-corrected chi connectivity index (χ3v) is 3.05. The molecule has 1 fully saturated rings. The maximum Gasteiger partial charge on any atom is 0.249 e. The minimum atomic E-state index is -0.228. The van der Waals surface area contributed by atoms with E-state index >= 15 is 0 Å². The van der Waals surface area contributed by atoms with Crippen LogP contribution < -0.4 is 5.32 Å². The molecule has 0 aromatic rings. The molecule has 0 aromatic carbocycles. The lowest BCUT2D eigenvalue weighted by molar-refractivity contribution is -0.137. The first-order valence-corrected chi connectivity index (χ1v) is 6.67. The van der Waals surface area contributed by atoms with Crippen LogP contribution >= 0.6 is 15.9 Å². The van der Waals surface area contributed by atoms with Gasteiger partial charge in [-0.1, -0.05) is 15.9 Å². The van der Waals surface area contributed by atoms with E-state index in [1.807, 2.05) is 13.8 Å². The van der Waals surface area contributed by atoms with Crippen molar-refractivity contribution >= 4 is 21.8 Å². The summed E-state index contributed by atoms with van der Waals surface area (Å²) in [7, 11) is 0. The van der Waals surface area contributed by atoms with Gasteiger partial charge < -0.3 is 10.1 Å². The number of amides is 1. The molecule has 1 rings (SSSR count). The number of hydrogen-bond donors (Lipinski definition) is 1. The van der Waals surface area contributed by atoms with Crippen LogP contribution in [-0.4, -0.2) is 29.5 Å². The van der Waals surface area contributed by atoms with Crippen molar-refractivity contribution in [3.63, 3.8) is 0 Å². The van der Waals surface area contributed by atoms with Crippen LogP contribution in [0.5, 0.6) is 0 Å². The predicted octanol–water partition coefficient (Wildman–Crippen LogP) is 2.24. The topological polar surface area (TPSA) is 38.3 Å². The van der Waals surface area contributed by atoms with Crippen LogP contribution in [0.2, 0.25) is 0 Å². The summed E-state index contributed by atoms with van der Waals surface area (Å²) in [6.45, 7) is 4.79. The summed E-state index contributed by atoms with van der Waals surface area (Å²) >= 11 is 3.39. The first kappa shape index (κ1) is 13.0. The minimum Gasteiger partial charge on any atom is -0.368 e. The van der Waals surface area contributed by atoms with Crippen molar-refractivity contribution in [1.82, 2.24) is 5.32 Å². The van der Waals surface area contributed by atoms with E-state index in [0.29, 0.717) is 0 Å². The first-order chi connectivity index (χ1) is 7.05. The van der Waals surface area contributed by atoms with Crippen molar-refractivity contribution < 1.29 is 9.53 Å². The molecule has 15 heavy (non-hydrogen) atoms. The second kappa shape index (κ2) is 5.85. The van der Waals surface area contributed by atoms with Gasteiger partial charge in [-0.3, -0.25) is 4.79 Å². The highest BCUT2D eigenvalue weighted by molar-refractivity contribution is 9.09. The number of hydrogen-bond acceptors (Lipinski definition) is 2. The number of carbonyl (C=O) groups excluding carboxylic acids is 1. The van der Waals surface area contributed by atoms with E-state index < -0.39 is 0 Å². The molecule has 0 bridgehead atoms. The smallest absolute Gasteiger partial charge is 0.249 e. The van der Waals surface area contributed by atoms with Crippen LogP contribution in [-0.2, 0) is 9.53 Å². The fourth-order valence-electron chi connectivity index (χ4n) is 1.66. The molecule has 1 unspecified atom stereocenters. The number of nitrogens with one attached hydrogen (secondary N) is 1. The van der Waals surface area contributed by atoms with E-state index in [1.165, 1.54) is 0 Å². The Bertz CT molecular complexity index is 213. The highest BCUT2D eigenvalue weighted by Crippen LogP contribution is 2.15. The van der Waals surface area contributed by atoms with E-state index in [9.17, 15) is 4.79 Å². The quantitative estimate of drug-likeness (QED) is 0.801. The van der Waals surface area contributed by atoms with E-state index in [4.69, 9.17) is 4.74 Å². The lowest BCUT2D eigenvalue weighted by Crippen LogP contribution is -2.49. The lowest BCUT2D eigenvalue weighted by atomic mass is 10.0. The molecule has 0 spiro atoms. The number of alkyl halides is 1. The summed E-state index contributed by atoms with van der Waals surface area (Å²) in [5.41, 5.74) is -0.151. The van der Waals surface area contributed by atoms with Crippen molar-refractivity contribution in [1.29, 1.82) is 0 Å². The molecule has 0 saturated carbocycles. The highest BCUT2D eigenvalue weighted by Gasteiger charge is 2.27. The molecule has 1 heterocycles. The van der Waals surface area contributed by atoms with Crippen LogP contribution in [0.3, 0.4) is 0 Å². The Morgan fingerprint density at radius 1 is 1.53 bits per heavy atom. The summed E-state index contributed by atoms with van der Waals surface area (Å²) in [6, 6.07) is 0. The zero-order chi connectivity index (χ0) is 11.3. The molecule has 1 aliphatic heterocycles. The average Bonchev–Trinajstić information content (AvgIpc) is 2.18. The van der Waals surface area contributed by atoms with Gasteiger partial charge in [-0.2, -0.15) is 0 Å². The Labute approximate surface area is 100 Å². The third-order valence-electron chi connectivity index (χ3n) is 2.65. The van der Waals surface area contributed by atoms with Crippen LogP contribution in [0.1, 0.15) is 39.5 Å². The summed E-state index contributed by atoms with van der Waals surface area (Å²) in [5, 5.41) is 3.93. The number of rotatable bonds is 4. The lowest BCUT2D eigenvalue weighted by Gasteiger charge is -2.29. The average molecular weight is 278 g/mol. The van der Waals surface area contributed by atoms with Crippen molar-refractivity contribution in [2.24, 2.45) is 0 Å². The molecule has 88 valence electrons. The molecule has 1 aliphatic rings. The molecule has 3 nitrogen and oxygen atoms in total. The van der Waals surface area contributed by atoms with Crippen molar-refractivity contribution in [2.75, 3.05) is 11.9 Å². The Balaban J connectivity index is 2.39. The van der Waals surface area contributed by atoms with Crippen LogP contribution in [0.4, 0.5) is 0 Å². The van der Waals surface area contributed by atoms with Gasteiger partial charge in [-0.15, -0.1) is 0 Å². The Morgan fingerprint density at radius 2 is 2.27 bits per heavy atom. The van der Waals surface area contributed by atoms with Crippen molar-refractivity contribution in [3.05, 3.63) is 0 Å². The summed E-state index contributed by atoms with van der Waals surface area (Å²) in [5.74, 6) is 0.0423. The van der Waals surface area contributed by atoms with Gasteiger partial charge in [0.05, 0.1) is 0 Å². The van der Waals surface area contributed by atoms with Gasteiger partial charge in [0.1, 0.15) is 6.10 Å². The maximum atomic E-state index is 11.8.